The van der Waals surface area contributed by atoms with Gasteiger partial charge in [0.1, 0.15) is 5.76 Å². The van der Waals surface area contributed by atoms with Crippen LogP contribution in [0, 0.1) is 5.92 Å². The first-order chi connectivity index (χ1) is 7.01. The predicted octanol–water partition coefficient (Wildman–Crippen LogP) is 1.85. The van der Waals surface area contributed by atoms with Gasteiger partial charge in [-0.2, -0.15) is 0 Å². The predicted molar refractivity (Wildman–Crippen MR) is 61.4 cm³/mol. The smallest absolute Gasteiger partial charge is 0.115 e. The fraction of sp³-hybridized carbons (Fsp3) is 0.667. The van der Waals surface area contributed by atoms with Crippen molar-refractivity contribution in [1.82, 2.24) is 0 Å². The maximum absolute atomic E-state index is 5.84. The molecule has 3 heteroatoms. The molecule has 0 aromatic carbocycles. The van der Waals surface area contributed by atoms with Gasteiger partial charge >= 0.3 is 0 Å². The lowest BCUT2D eigenvalue weighted by Crippen LogP contribution is -2.38. The summed E-state index contributed by atoms with van der Waals surface area (Å²) >= 11 is 0. The number of ether oxygens (including phenoxy) is 2. The third-order valence-electron chi connectivity index (χ3n) is 2.98. The van der Waals surface area contributed by atoms with Gasteiger partial charge in [0.15, 0.2) is 0 Å². The molecule has 0 fully saturated rings. The Labute approximate surface area is 91.9 Å². The molecule has 3 unspecified atom stereocenters. The zero-order valence-electron chi connectivity index (χ0n) is 9.99. The van der Waals surface area contributed by atoms with Crippen molar-refractivity contribution in [1.29, 1.82) is 0 Å². The summed E-state index contributed by atoms with van der Waals surface area (Å²) in [6.07, 6.45) is 6.97. The minimum Gasteiger partial charge on any atom is -0.497 e. The molecule has 86 valence electrons. The lowest BCUT2D eigenvalue weighted by atomic mass is 9.81. The van der Waals surface area contributed by atoms with E-state index in [0.29, 0.717) is 0 Å². The second kappa shape index (κ2) is 4.81. The summed E-state index contributed by atoms with van der Waals surface area (Å²) < 4.78 is 10.8. The van der Waals surface area contributed by atoms with Crippen LogP contribution in [0.4, 0.5) is 0 Å². The van der Waals surface area contributed by atoms with Gasteiger partial charge in [-0.1, -0.05) is 0 Å². The summed E-state index contributed by atoms with van der Waals surface area (Å²) in [6.45, 7) is 4.08. The van der Waals surface area contributed by atoms with E-state index in [9.17, 15) is 0 Å². The molecule has 3 nitrogen and oxygen atoms in total. The molecule has 0 heterocycles. The van der Waals surface area contributed by atoms with E-state index in [1.165, 1.54) is 0 Å². The Morgan fingerprint density at radius 2 is 2.20 bits per heavy atom. The largest absolute Gasteiger partial charge is 0.497 e. The summed E-state index contributed by atoms with van der Waals surface area (Å²) in [5.74, 6) is 1.15. The van der Waals surface area contributed by atoms with Crippen molar-refractivity contribution < 1.29 is 9.47 Å². The molecule has 0 bridgehead atoms. The van der Waals surface area contributed by atoms with Crippen molar-refractivity contribution in [3.8, 4) is 0 Å². The van der Waals surface area contributed by atoms with Gasteiger partial charge in [-0.05, 0) is 38.5 Å². The molecule has 1 aliphatic carbocycles. The minimum absolute atomic E-state index is 0.158. The Balaban J connectivity index is 2.85. The van der Waals surface area contributed by atoms with Crippen molar-refractivity contribution in [2.75, 3.05) is 14.2 Å². The number of hydrogen-bond donors (Lipinski definition) is 1. The zero-order valence-corrected chi connectivity index (χ0v) is 9.99. The first kappa shape index (κ1) is 12.3. The molecule has 0 saturated carbocycles. The molecule has 0 saturated heterocycles. The number of rotatable bonds is 4. The van der Waals surface area contributed by atoms with E-state index < -0.39 is 0 Å². The molecular formula is C12H21NO2. The first-order valence-corrected chi connectivity index (χ1v) is 5.27. The summed E-state index contributed by atoms with van der Waals surface area (Å²) in [5, 5.41) is 0. The van der Waals surface area contributed by atoms with Crippen LogP contribution in [0.3, 0.4) is 0 Å². The number of hydrogen-bond acceptors (Lipinski definition) is 3. The van der Waals surface area contributed by atoms with E-state index in [2.05, 4.69) is 13.0 Å². The lowest BCUT2D eigenvalue weighted by Gasteiger charge is -2.35. The van der Waals surface area contributed by atoms with Crippen LogP contribution in [0.5, 0.6) is 0 Å². The summed E-state index contributed by atoms with van der Waals surface area (Å²) in [4.78, 5) is 0. The van der Waals surface area contributed by atoms with Crippen LogP contribution in [-0.2, 0) is 9.47 Å². The van der Waals surface area contributed by atoms with Gasteiger partial charge in [0.05, 0.1) is 12.7 Å². The topological polar surface area (TPSA) is 44.5 Å². The van der Waals surface area contributed by atoms with Crippen LogP contribution in [0.1, 0.15) is 20.3 Å². The second-order valence-electron chi connectivity index (χ2n) is 4.31. The molecule has 1 aliphatic rings. The van der Waals surface area contributed by atoms with Gasteiger partial charge in [0, 0.05) is 19.1 Å². The molecular weight excluding hydrogens is 190 g/mol. The molecule has 0 aromatic heterocycles. The van der Waals surface area contributed by atoms with Crippen molar-refractivity contribution in [2.45, 2.75) is 31.9 Å². The monoisotopic (exact) mass is 211 g/mol. The highest BCUT2D eigenvalue weighted by molar-refractivity contribution is 5.26. The SMILES string of the molecule is COC1=CC(CC(C)N)C(C)(OC)C=C1. The third-order valence-corrected chi connectivity index (χ3v) is 2.98. The zero-order chi connectivity index (χ0) is 11.5. The molecule has 1 rings (SSSR count). The van der Waals surface area contributed by atoms with Crippen LogP contribution in [-0.4, -0.2) is 25.9 Å². The number of nitrogens with two attached hydrogens (primary N) is 1. The van der Waals surface area contributed by atoms with Crippen molar-refractivity contribution in [3.63, 3.8) is 0 Å². The highest BCUT2D eigenvalue weighted by atomic mass is 16.5. The van der Waals surface area contributed by atoms with Crippen LogP contribution < -0.4 is 5.73 Å². The van der Waals surface area contributed by atoms with Gasteiger partial charge in [0.2, 0.25) is 0 Å². The molecule has 0 radical (unpaired) electrons. The van der Waals surface area contributed by atoms with Gasteiger partial charge in [-0.15, -0.1) is 0 Å². The maximum atomic E-state index is 5.84. The van der Waals surface area contributed by atoms with Gasteiger partial charge in [-0.25, -0.2) is 0 Å². The Morgan fingerprint density at radius 1 is 1.53 bits per heavy atom. The van der Waals surface area contributed by atoms with E-state index >= 15 is 0 Å². The fourth-order valence-corrected chi connectivity index (χ4v) is 1.85. The Kier molecular flexibility index (Phi) is 3.94. The maximum Gasteiger partial charge on any atom is 0.115 e. The highest BCUT2D eigenvalue weighted by Crippen LogP contribution is 2.33. The summed E-state index contributed by atoms with van der Waals surface area (Å²) in [7, 11) is 3.40. The average Bonchev–Trinajstić information content (AvgIpc) is 2.21. The molecule has 0 aromatic rings. The lowest BCUT2D eigenvalue weighted by molar-refractivity contribution is 0.00600. The molecule has 2 N–H and O–H groups in total. The number of allylic oxidation sites excluding steroid dienone is 1. The van der Waals surface area contributed by atoms with E-state index in [1.807, 2.05) is 19.1 Å². The van der Waals surface area contributed by atoms with Crippen molar-refractivity contribution in [3.05, 3.63) is 24.0 Å². The molecule has 0 amide bonds. The van der Waals surface area contributed by atoms with E-state index in [0.717, 1.165) is 12.2 Å². The van der Waals surface area contributed by atoms with Crippen LogP contribution in [0.25, 0.3) is 0 Å². The normalized spacial score (nSPS) is 32.3. The summed E-state index contributed by atoms with van der Waals surface area (Å²) in [6, 6.07) is 0.158. The molecule has 15 heavy (non-hydrogen) atoms. The minimum atomic E-state index is -0.268. The van der Waals surface area contributed by atoms with E-state index in [-0.39, 0.29) is 17.6 Å². The van der Waals surface area contributed by atoms with E-state index in [4.69, 9.17) is 15.2 Å². The van der Waals surface area contributed by atoms with Crippen LogP contribution in [0.15, 0.2) is 24.0 Å². The molecule has 3 atom stereocenters. The molecule has 0 spiro atoms. The Morgan fingerprint density at radius 3 is 2.67 bits per heavy atom. The average molecular weight is 211 g/mol. The first-order valence-electron chi connectivity index (χ1n) is 5.27. The van der Waals surface area contributed by atoms with Crippen molar-refractivity contribution >= 4 is 0 Å². The van der Waals surface area contributed by atoms with Crippen LogP contribution in [0.2, 0.25) is 0 Å². The standard InChI is InChI=1S/C12H21NO2/c1-9(13)7-10-8-11(14-3)5-6-12(10,2)15-4/h5-6,8-10H,7,13H2,1-4H3. The van der Waals surface area contributed by atoms with E-state index in [1.54, 1.807) is 14.2 Å². The Bertz CT molecular complexity index is 271. The highest BCUT2D eigenvalue weighted by Gasteiger charge is 2.33. The molecule has 0 aliphatic heterocycles. The quantitative estimate of drug-likeness (QED) is 0.771. The van der Waals surface area contributed by atoms with Gasteiger partial charge in [-0.3, -0.25) is 0 Å². The fourth-order valence-electron chi connectivity index (χ4n) is 1.85. The van der Waals surface area contributed by atoms with Gasteiger partial charge < -0.3 is 15.2 Å². The third kappa shape index (κ3) is 2.83. The summed E-state index contributed by atoms with van der Waals surface area (Å²) in [5.41, 5.74) is 5.57. The van der Waals surface area contributed by atoms with Crippen LogP contribution >= 0.6 is 0 Å². The van der Waals surface area contributed by atoms with Gasteiger partial charge in [0.25, 0.3) is 0 Å². The number of methoxy groups -OCH3 is 2. The second-order valence-corrected chi connectivity index (χ2v) is 4.31. The van der Waals surface area contributed by atoms with Crippen molar-refractivity contribution in [2.24, 2.45) is 11.7 Å². The Hall–Kier alpha value is -0.800.